The summed E-state index contributed by atoms with van der Waals surface area (Å²) in [6, 6.07) is 5.46. The van der Waals surface area contributed by atoms with Crippen LogP contribution in [0, 0.1) is 11.8 Å². The Kier molecular flexibility index (Phi) is 4.37. The quantitative estimate of drug-likeness (QED) is 0.821. The lowest BCUT2D eigenvalue weighted by Gasteiger charge is -2.36. The van der Waals surface area contributed by atoms with Crippen molar-refractivity contribution in [3.8, 4) is 0 Å². The number of nitrogens with zero attached hydrogens (tertiary/aromatic N) is 2. The topological polar surface area (TPSA) is 40.6 Å². The van der Waals surface area contributed by atoms with Crippen molar-refractivity contribution in [2.45, 2.75) is 39.5 Å². The van der Waals surface area contributed by atoms with Crippen LogP contribution in [0.1, 0.15) is 39.7 Å². The van der Waals surface area contributed by atoms with Gasteiger partial charge >= 0.3 is 0 Å². The Morgan fingerprint density at radius 2 is 1.88 bits per heavy atom. The third-order valence-corrected chi connectivity index (χ3v) is 5.45. The maximum Gasteiger partial charge on any atom is 0.242 e. The molecule has 0 saturated carbocycles. The maximum atomic E-state index is 12.9. The van der Waals surface area contributed by atoms with Crippen LogP contribution in [0.15, 0.2) is 18.2 Å². The zero-order chi connectivity index (χ0) is 17.6. The van der Waals surface area contributed by atoms with E-state index in [4.69, 9.17) is 11.6 Å². The van der Waals surface area contributed by atoms with E-state index in [1.54, 1.807) is 11.0 Å². The molecule has 0 bridgehead atoms. The predicted octanol–water partition coefficient (Wildman–Crippen LogP) is 3.47. The highest BCUT2D eigenvalue weighted by molar-refractivity contribution is 6.31. The lowest BCUT2D eigenvalue weighted by Crippen LogP contribution is -2.48. The van der Waals surface area contributed by atoms with Crippen molar-refractivity contribution in [2.75, 3.05) is 24.5 Å². The van der Waals surface area contributed by atoms with Gasteiger partial charge in [-0.1, -0.05) is 25.4 Å². The van der Waals surface area contributed by atoms with Gasteiger partial charge in [-0.05, 0) is 55.9 Å². The highest BCUT2D eigenvalue weighted by Crippen LogP contribution is 2.42. The number of piperidine rings is 1. The van der Waals surface area contributed by atoms with Gasteiger partial charge in [-0.25, -0.2) is 0 Å². The molecule has 0 radical (unpaired) electrons. The molecule has 0 aromatic heterocycles. The van der Waals surface area contributed by atoms with E-state index in [1.807, 2.05) is 30.9 Å². The molecule has 1 fully saturated rings. The van der Waals surface area contributed by atoms with Gasteiger partial charge in [0.15, 0.2) is 0 Å². The zero-order valence-corrected chi connectivity index (χ0v) is 15.6. The Morgan fingerprint density at radius 3 is 2.50 bits per heavy atom. The van der Waals surface area contributed by atoms with Crippen LogP contribution < -0.4 is 4.90 Å². The lowest BCUT2D eigenvalue weighted by molar-refractivity contribution is -0.134. The van der Waals surface area contributed by atoms with Gasteiger partial charge in [-0.3, -0.25) is 9.59 Å². The van der Waals surface area contributed by atoms with Gasteiger partial charge in [-0.15, -0.1) is 0 Å². The van der Waals surface area contributed by atoms with Crippen molar-refractivity contribution in [2.24, 2.45) is 11.8 Å². The molecule has 1 aromatic rings. The van der Waals surface area contributed by atoms with Crippen LogP contribution in [-0.2, 0) is 15.0 Å². The van der Waals surface area contributed by atoms with Crippen LogP contribution in [-0.4, -0.2) is 36.3 Å². The summed E-state index contributed by atoms with van der Waals surface area (Å²) in [5.74, 6) is 1.01. The predicted molar refractivity (Wildman–Crippen MR) is 96.4 cm³/mol. The molecule has 1 saturated heterocycles. The van der Waals surface area contributed by atoms with Gasteiger partial charge in [0, 0.05) is 23.8 Å². The third-order valence-electron chi connectivity index (χ3n) is 5.22. The van der Waals surface area contributed by atoms with E-state index in [0.717, 1.165) is 30.8 Å². The first-order valence-corrected chi connectivity index (χ1v) is 8.97. The molecule has 130 valence electrons. The lowest BCUT2D eigenvalue weighted by atomic mass is 9.86. The van der Waals surface area contributed by atoms with E-state index < -0.39 is 5.41 Å². The Labute approximate surface area is 148 Å². The Morgan fingerprint density at radius 1 is 1.25 bits per heavy atom. The standard InChI is InChI=1S/C19H25ClN2O2/c1-12-7-13(2)10-21(9-12)17(23)11-22-16-6-5-14(20)8-15(16)19(3,4)18(22)24/h5-6,8,12-13H,7,9-11H2,1-4H3. The fourth-order valence-electron chi connectivity index (χ4n) is 4.07. The molecule has 5 heteroatoms. The van der Waals surface area contributed by atoms with Crippen molar-refractivity contribution >= 4 is 29.1 Å². The molecule has 0 N–H and O–H groups in total. The van der Waals surface area contributed by atoms with E-state index in [1.165, 1.54) is 0 Å². The molecule has 24 heavy (non-hydrogen) atoms. The first-order chi connectivity index (χ1) is 11.2. The number of amides is 2. The molecular weight excluding hydrogens is 324 g/mol. The van der Waals surface area contributed by atoms with Gasteiger partial charge in [0.2, 0.25) is 11.8 Å². The number of hydrogen-bond donors (Lipinski definition) is 0. The summed E-state index contributed by atoms with van der Waals surface area (Å²) in [4.78, 5) is 29.2. The number of benzene rings is 1. The van der Waals surface area contributed by atoms with Crippen molar-refractivity contribution in [1.82, 2.24) is 4.90 Å². The number of rotatable bonds is 2. The van der Waals surface area contributed by atoms with Crippen molar-refractivity contribution in [1.29, 1.82) is 0 Å². The van der Waals surface area contributed by atoms with Crippen molar-refractivity contribution in [3.63, 3.8) is 0 Å². The van der Waals surface area contributed by atoms with Crippen LogP contribution in [0.4, 0.5) is 5.69 Å². The molecular formula is C19H25ClN2O2. The van der Waals surface area contributed by atoms with E-state index in [0.29, 0.717) is 16.9 Å². The molecule has 2 aliphatic rings. The summed E-state index contributed by atoms with van der Waals surface area (Å²) in [5, 5.41) is 0.612. The van der Waals surface area contributed by atoms with Gasteiger partial charge in [0.1, 0.15) is 6.54 Å². The number of fused-ring (bicyclic) bond motifs is 1. The molecule has 2 atom stereocenters. The molecule has 2 unspecified atom stereocenters. The SMILES string of the molecule is CC1CC(C)CN(C(=O)CN2C(=O)C(C)(C)c3cc(Cl)ccc32)C1. The van der Waals surface area contributed by atoms with Crippen LogP contribution >= 0.6 is 11.6 Å². The molecule has 4 nitrogen and oxygen atoms in total. The first-order valence-electron chi connectivity index (χ1n) is 8.60. The fraction of sp³-hybridized carbons (Fsp3) is 0.579. The van der Waals surface area contributed by atoms with Gasteiger partial charge in [-0.2, -0.15) is 0 Å². The van der Waals surface area contributed by atoms with Crippen LogP contribution in [0.25, 0.3) is 0 Å². The van der Waals surface area contributed by atoms with E-state index >= 15 is 0 Å². The highest BCUT2D eigenvalue weighted by atomic mass is 35.5. The minimum Gasteiger partial charge on any atom is -0.341 e. The number of carbonyl (C=O) groups excluding carboxylic acids is 2. The van der Waals surface area contributed by atoms with Crippen LogP contribution in [0.5, 0.6) is 0 Å². The summed E-state index contributed by atoms with van der Waals surface area (Å²) < 4.78 is 0. The summed E-state index contributed by atoms with van der Waals surface area (Å²) in [6.45, 7) is 9.80. The zero-order valence-electron chi connectivity index (χ0n) is 14.8. The first kappa shape index (κ1) is 17.3. The number of anilines is 1. The van der Waals surface area contributed by atoms with Crippen molar-refractivity contribution < 1.29 is 9.59 Å². The summed E-state index contributed by atoms with van der Waals surface area (Å²) >= 11 is 6.10. The second kappa shape index (κ2) is 6.07. The summed E-state index contributed by atoms with van der Waals surface area (Å²) in [6.07, 6.45) is 1.15. The molecule has 2 heterocycles. The Bertz CT molecular complexity index is 676. The Balaban J connectivity index is 1.83. The molecule has 2 amide bonds. The molecule has 1 aromatic carbocycles. The molecule has 0 aliphatic carbocycles. The second-order valence-corrected chi connectivity index (χ2v) is 8.36. The monoisotopic (exact) mass is 348 g/mol. The normalized spacial score (nSPS) is 25.8. The summed E-state index contributed by atoms with van der Waals surface area (Å²) in [7, 11) is 0. The van der Waals surface area contributed by atoms with Gasteiger partial charge < -0.3 is 9.80 Å². The minimum atomic E-state index is -0.650. The van der Waals surface area contributed by atoms with Crippen LogP contribution in [0.2, 0.25) is 5.02 Å². The minimum absolute atomic E-state index is 0.0281. The van der Waals surface area contributed by atoms with Crippen LogP contribution in [0.3, 0.4) is 0 Å². The molecule has 0 spiro atoms. The third kappa shape index (κ3) is 2.92. The average Bonchev–Trinajstić information content (AvgIpc) is 2.67. The highest BCUT2D eigenvalue weighted by Gasteiger charge is 2.45. The number of halogens is 1. The van der Waals surface area contributed by atoms with E-state index in [2.05, 4.69) is 13.8 Å². The average molecular weight is 349 g/mol. The number of carbonyl (C=O) groups is 2. The summed E-state index contributed by atoms with van der Waals surface area (Å²) in [5.41, 5.74) is 1.05. The van der Waals surface area contributed by atoms with Gasteiger partial charge in [0.25, 0.3) is 0 Å². The van der Waals surface area contributed by atoms with Gasteiger partial charge in [0.05, 0.1) is 5.41 Å². The smallest absolute Gasteiger partial charge is 0.242 e. The number of hydrogen-bond acceptors (Lipinski definition) is 2. The fourth-order valence-corrected chi connectivity index (χ4v) is 4.24. The van der Waals surface area contributed by atoms with Crippen molar-refractivity contribution in [3.05, 3.63) is 28.8 Å². The molecule has 3 rings (SSSR count). The van der Waals surface area contributed by atoms with E-state index in [9.17, 15) is 9.59 Å². The maximum absolute atomic E-state index is 12.9. The number of likely N-dealkylation sites (tertiary alicyclic amines) is 1. The Hall–Kier alpha value is -1.55. The van der Waals surface area contributed by atoms with E-state index in [-0.39, 0.29) is 18.4 Å². The second-order valence-electron chi connectivity index (χ2n) is 7.92. The molecule has 2 aliphatic heterocycles. The largest absolute Gasteiger partial charge is 0.341 e.